The van der Waals surface area contributed by atoms with Gasteiger partial charge < -0.3 is 4.57 Å². The molecule has 1 aliphatic heterocycles. The minimum Gasteiger partial charge on any atom is -0.326 e. The van der Waals surface area contributed by atoms with Gasteiger partial charge in [0.15, 0.2) is 0 Å². The quantitative estimate of drug-likeness (QED) is 0.676. The Morgan fingerprint density at radius 1 is 0.870 bits per heavy atom. The van der Waals surface area contributed by atoms with Crippen molar-refractivity contribution in [1.29, 1.82) is 0 Å². The van der Waals surface area contributed by atoms with Gasteiger partial charge >= 0.3 is 0 Å². The van der Waals surface area contributed by atoms with E-state index in [1.807, 2.05) is 11.8 Å². The van der Waals surface area contributed by atoms with Gasteiger partial charge in [-0.15, -0.1) is 0 Å². The fourth-order valence-electron chi connectivity index (χ4n) is 2.88. The lowest BCUT2D eigenvalue weighted by molar-refractivity contribution is 0.627. The van der Waals surface area contributed by atoms with Crippen LogP contribution < -0.4 is 0 Å². The Morgan fingerprint density at radius 3 is 2.13 bits per heavy atom. The van der Waals surface area contributed by atoms with Crippen LogP contribution in [0.3, 0.4) is 0 Å². The van der Waals surface area contributed by atoms with E-state index in [1.165, 1.54) is 24.3 Å². The number of nitrogens with zero attached hydrogens (tertiary/aromatic N) is 2. The third kappa shape index (κ3) is 2.65. The standard InChI is InChI=1S/C18H14F2N2S/c19-14-5-1-12(2-6-14)17-18(13-3-7-15(20)8-4-13)22-9-10-23-11-16(22)21-17/h1-8H,9-11H2. The summed E-state index contributed by atoms with van der Waals surface area (Å²) in [6.07, 6.45) is 0. The molecule has 5 heteroatoms. The van der Waals surface area contributed by atoms with E-state index in [2.05, 4.69) is 4.57 Å². The van der Waals surface area contributed by atoms with Crippen molar-refractivity contribution in [3.05, 3.63) is 66.0 Å². The number of benzene rings is 2. The molecule has 0 fully saturated rings. The SMILES string of the molecule is Fc1ccc(-c2nc3n(c2-c2ccc(F)cc2)CCSC3)cc1. The Labute approximate surface area is 137 Å². The highest BCUT2D eigenvalue weighted by molar-refractivity contribution is 7.98. The third-order valence-electron chi connectivity index (χ3n) is 3.97. The first kappa shape index (κ1) is 14.5. The number of hydrogen-bond acceptors (Lipinski definition) is 2. The lowest BCUT2D eigenvalue weighted by Gasteiger charge is -2.16. The highest BCUT2D eigenvalue weighted by atomic mass is 32.2. The molecule has 3 aromatic rings. The van der Waals surface area contributed by atoms with Gasteiger partial charge in [0.05, 0.1) is 17.1 Å². The molecule has 23 heavy (non-hydrogen) atoms. The van der Waals surface area contributed by atoms with Crippen molar-refractivity contribution in [3.8, 4) is 22.5 Å². The van der Waals surface area contributed by atoms with Crippen LogP contribution in [0.4, 0.5) is 8.78 Å². The van der Waals surface area contributed by atoms with Crippen molar-refractivity contribution in [1.82, 2.24) is 9.55 Å². The van der Waals surface area contributed by atoms with Gasteiger partial charge in [0.25, 0.3) is 0 Å². The second kappa shape index (κ2) is 5.81. The monoisotopic (exact) mass is 328 g/mol. The van der Waals surface area contributed by atoms with Crippen LogP contribution in [0, 0.1) is 11.6 Å². The number of aromatic nitrogens is 2. The van der Waals surface area contributed by atoms with E-state index >= 15 is 0 Å². The number of halogens is 2. The van der Waals surface area contributed by atoms with Crippen LogP contribution in [0.5, 0.6) is 0 Å². The third-order valence-corrected chi connectivity index (χ3v) is 4.91. The smallest absolute Gasteiger partial charge is 0.123 e. The van der Waals surface area contributed by atoms with Gasteiger partial charge in [-0.3, -0.25) is 0 Å². The zero-order valence-electron chi connectivity index (χ0n) is 12.3. The molecule has 2 aromatic carbocycles. The Morgan fingerprint density at radius 2 is 1.48 bits per heavy atom. The fourth-order valence-corrected chi connectivity index (χ4v) is 3.74. The van der Waals surface area contributed by atoms with E-state index in [-0.39, 0.29) is 11.6 Å². The van der Waals surface area contributed by atoms with Crippen LogP contribution in [-0.4, -0.2) is 15.3 Å². The van der Waals surface area contributed by atoms with E-state index in [4.69, 9.17) is 4.98 Å². The average molecular weight is 328 g/mol. The van der Waals surface area contributed by atoms with Crippen LogP contribution >= 0.6 is 11.8 Å². The van der Waals surface area contributed by atoms with Gasteiger partial charge in [-0.25, -0.2) is 13.8 Å². The molecule has 1 aliphatic rings. The molecule has 0 bridgehead atoms. The molecule has 4 rings (SSSR count). The predicted molar refractivity (Wildman–Crippen MR) is 89.2 cm³/mol. The first-order valence-corrected chi connectivity index (χ1v) is 8.57. The zero-order chi connectivity index (χ0) is 15.8. The molecule has 2 nitrogen and oxygen atoms in total. The Balaban J connectivity index is 1.93. The zero-order valence-corrected chi connectivity index (χ0v) is 13.1. The summed E-state index contributed by atoms with van der Waals surface area (Å²) in [6.45, 7) is 0.876. The van der Waals surface area contributed by atoms with E-state index in [1.54, 1.807) is 24.3 Å². The lowest BCUT2D eigenvalue weighted by Crippen LogP contribution is -2.11. The largest absolute Gasteiger partial charge is 0.326 e. The average Bonchev–Trinajstić information content (AvgIpc) is 2.96. The number of imidazole rings is 1. The molecule has 0 saturated carbocycles. The maximum Gasteiger partial charge on any atom is 0.123 e. The van der Waals surface area contributed by atoms with Crippen molar-refractivity contribution < 1.29 is 8.78 Å². The van der Waals surface area contributed by atoms with Gasteiger partial charge in [0, 0.05) is 23.4 Å². The van der Waals surface area contributed by atoms with E-state index in [0.717, 1.165) is 46.4 Å². The van der Waals surface area contributed by atoms with Gasteiger partial charge in [-0.2, -0.15) is 11.8 Å². The normalized spacial score (nSPS) is 13.8. The summed E-state index contributed by atoms with van der Waals surface area (Å²) < 4.78 is 28.7. The summed E-state index contributed by atoms with van der Waals surface area (Å²) in [7, 11) is 0. The Hall–Kier alpha value is -2.14. The minimum absolute atomic E-state index is 0.258. The molecule has 0 spiro atoms. The number of hydrogen-bond donors (Lipinski definition) is 0. The van der Waals surface area contributed by atoms with Crippen molar-refractivity contribution in [3.63, 3.8) is 0 Å². The van der Waals surface area contributed by atoms with E-state index < -0.39 is 0 Å². The molecule has 0 N–H and O–H groups in total. The Bertz CT molecular complexity index is 839. The maximum atomic E-state index is 13.3. The molecule has 0 aliphatic carbocycles. The number of fused-ring (bicyclic) bond motifs is 1. The predicted octanol–water partition coefficient (Wildman–Crippen LogP) is 4.74. The highest BCUT2D eigenvalue weighted by Gasteiger charge is 2.22. The molecule has 0 radical (unpaired) electrons. The fraction of sp³-hybridized carbons (Fsp3) is 0.167. The summed E-state index contributed by atoms with van der Waals surface area (Å²) in [4.78, 5) is 4.78. The van der Waals surface area contributed by atoms with Crippen LogP contribution in [0.2, 0.25) is 0 Å². The Kier molecular flexibility index (Phi) is 3.65. The topological polar surface area (TPSA) is 17.8 Å². The molecule has 0 amide bonds. The molecule has 2 heterocycles. The van der Waals surface area contributed by atoms with Crippen molar-refractivity contribution >= 4 is 11.8 Å². The summed E-state index contributed by atoms with van der Waals surface area (Å²) in [6, 6.07) is 12.8. The summed E-state index contributed by atoms with van der Waals surface area (Å²) >= 11 is 1.85. The summed E-state index contributed by atoms with van der Waals surface area (Å²) in [5.41, 5.74) is 3.61. The van der Waals surface area contributed by atoms with Crippen molar-refractivity contribution in [2.75, 3.05) is 5.75 Å². The van der Waals surface area contributed by atoms with Gasteiger partial charge in [0.2, 0.25) is 0 Å². The molecular weight excluding hydrogens is 314 g/mol. The molecule has 0 saturated heterocycles. The number of rotatable bonds is 2. The van der Waals surface area contributed by atoms with Gasteiger partial charge in [-0.1, -0.05) is 0 Å². The van der Waals surface area contributed by atoms with Crippen molar-refractivity contribution in [2.24, 2.45) is 0 Å². The second-order valence-electron chi connectivity index (χ2n) is 5.44. The molecule has 0 unspecified atom stereocenters. The van der Waals surface area contributed by atoms with Crippen LogP contribution in [0.15, 0.2) is 48.5 Å². The summed E-state index contributed by atoms with van der Waals surface area (Å²) in [5, 5.41) is 0. The molecule has 116 valence electrons. The number of thioether (sulfide) groups is 1. The first-order chi connectivity index (χ1) is 11.2. The van der Waals surface area contributed by atoms with Crippen LogP contribution in [-0.2, 0) is 12.3 Å². The molecule has 0 atom stereocenters. The molecule has 1 aromatic heterocycles. The lowest BCUT2D eigenvalue weighted by atomic mass is 10.0. The highest BCUT2D eigenvalue weighted by Crippen LogP contribution is 2.36. The van der Waals surface area contributed by atoms with Gasteiger partial charge in [-0.05, 0) is 48.5 Å². The van der Waals surface area contributed by atoms with Gasteiger partial charge in [0.1, 0.15) is 17.5 Å². The van der Waals surface area contributed by atoms with Crippen molar-refractivity contribution in [2.45, 2.75) is 12.3 Å². The van der Waals surface area contributed by atoms with E-state index in [0.29, 0.717) is 0 Å². The maximum absolute atomic E-state index is 13.3. The summed E-state index contributed by atoms with van der Waals surface area (Å²) in [5.74, 6) is 2.37. The van der Waals surface area contributed by atoms with Crippen LogP contribution in [0.1, 0.15) is 5.82 Å². The minimum atomic E-state index is -0.267. The van der Waals surface area contributed by atoms with E-state index in [9.17, 15) is 8.78 Å². The molecular formula is C18H14F2N2S. The van der Waals surface area contributed by atoms with Crippen LogP contribution in [0.25, 0.3) is 22.5 Å². The first-order valence-electron chi connectivity index (χ1n) is 7.41. The second-order valence-corrected chi connectivity index (χ2v) is 6.55.